The molecule has 0 atom stereocenters. The highest BCUT2D eigenvalue weighted by Crippen LogP contribution is 2.11. The molecule has 20 heavy (non-hydrogen) atoms. The number of carbonyl (C=O) groups is 3. The lowest BCUT2D eigenvalue weighted by atomic mass is 10.1. The van der Waals surface area contributed by atoms with Gasteiger partial charge >= 0.3 is 17.8 Å². The number of benzene rings is 1. The van der Waals surface area contributed by atoms with Crippen LogP contribution < -0.4 is 0 Å². The summed E-state index contributed by atoms with van der Waals surface area (Å²) in [5.74, 6) is -1.86. The lowest BCUT2D eigenvalue weighted by Crippen LogP contribution is -2.52. The van der Waals surface area contributed by atoms with Crippen LogP contribution >= 0.6 is 0 Å². The maximum absolute atomic E-state index is 11.8. The molecule has 0 radical (unpaired) electrons. The third-order valence-electron chi connectivity index (χ3n) is 3.27. The van der Waals surface area contributed by atoms with Gasteiger partial charge in [0.1, 0.15) is 0 Å². The molecule has 1 fully saturated rings. The first kappa shape index (κ1) is 14.0. The van der Waals surface area contributed by atoms with E-state index in [1.165, 1.54) is 9.80 Å². The molecule has 1 aromatic carbocycles. The van der Waals surface area contributed by atoms with Gasteiger partial charge in [-0.3, -0.25) is 14.4 Å². The van der Waals surface area contributed by atoms with Gasteiger partial charge in [0.15, 0.2) is 0 Å². The summed E-state index contributed by atoms with van der Waals surface area (Å²) < 4.78 is 0. The highest BCUT2D eigenvalue weighted by atomic mass is 16.4. The predicted molar refractivity (Wildman–Crippen MR) is 70.8 cm³/mol. The van der Waals surface area contributed by atoms with E-state index in [-0.39, 0.29) is 6.42 Å². The molecule has 1 heterocycles. The Labute approximate surface area is 116 Å². The first-order valence-electron chi connectivity index (χ1n) is 6.31. The van der Waals surface area contributed by atoms with Crippen molar-refractivity contribution < 1.29 is 19.5 Å². The second kappa shape index (κ2) is 5.73. The Hall–Kier alpha value is -2.37. The quantitative estimate of drug-likeness (QED) is 0.792. The zero-order chi connectivity index (χ0) is 14.7. The Morgan fingerprint density at radius 1 is 1.10 bits per heavy atom. The van der Waals surface area contributed by atoms with E-state index in [1.54, 1.807) is 31.3 Å². The number of carboxylic acids is 1. The van der Waals surface area contributed by atoms with Gasteiger partial charge in [-0.05, 0) is 11.1 Å². The van der Waals surface area contributed by atoms with Gasteiger partial charge in [0.25, 0.3) is 0 Å². The summed E-state index contributed by atoms with van der Waals surface area (Å²) in [5, 5.41) is 8.69. The normalized spacial score (nSPS) is 15.7. The first-order chi connectivity index (χ1) is 9.47. The Balaban J connectivity index is 2.01. The number of rotatable bonds is 4. The summed E-state index contributed by atoms with van der Waals surface area (Å²) in [6, 6.07) is 7.03. The van der Waals surface area contributed by atoms with E-state index in [2.05, 4.69) is 0 Å². The molecule has 0 unspecified atom stereocenters. The Kier molecular flexibility index (Phi) is 4.02. The molecule has 1 N–H and O–H groups in total. The average Bonchev–Trinajstić information content (AvgIpc) is 2.41. The van der Waals surface area contributed by atoms with Gasteiger partial charge in [0, 0.05) is 26.7 Å². The molecule has 0 aromatic heterocycles. The van der Waals surface area contributed by atoms with Crippen molar-refractivity contribution in [2.45, 2.75) is 13.0 Å². The molecule has 0 spiro atoms. The molecule has 1 aromatic rings. The number of hydrogen-bond donors (Lipinski definition) is 1. The van der Waals surface area contributed by atoms with Crippen LogP contribution in [0.5, 0.6) is 0 Å². The number of likely N-dealkylation sites (N-methyl/N-ethyl adjacent to an activating group) is 1. The van der Waals surface area contributed by atoms with E-state index in [9.17, 15) is 14.4 Å². The Bertz CT molecular complexity index is 539. The van der Waals surface area contributed by atoms with Gasteiger partial charge in [-0.25, -0.2) is 0 Å². The minimum Gasteiger partial charge on any atom is -0.481 e. The van der Waals surface area contributed by atoms with Gasteiger partial charge in [-0.2, -0.15) is 0 Å². The molecule has 0 saturated carbocycles. The van der Waals surface area contributed by atoms with Crippen molar-refractivity contribution in [3.8, 4) is 0 Å². The van der Waals surface area contributed by atoms with Crippen LogP contribution in [0.15, 0.2) is 24.3 Å². The van der Waals surface area contributed by atoms with E-state index >= 15 is 0 Å². The average molecular weight is 276 g/mol. The van der Waals surface area contributed by atoms with Gasteiger partial charge in [-0.1, -0.05) is 24.3 Å². The molecule has 0 aliphatic carbocycles. The van der Waals surface area contributed by atoms with Crippen molar-refractivity contribution in [1.82, 2.24) is 9.80 Å². The molecular weight excluding hydrogens is 260 g/mol. The van der Waals surface area contributed by atoms with Crippen LogP contribution in [0.4, 0.5) is 0 Å². The van der Waals surface area contributed by atoms with E-state index in [1.807, 2.05) is 0 Å². The van der Waals surface area contributed by atoms with Crippen molar-refractivity contribution in [3.05, 3.63) is 35.4 Å². The summed E-state index contributed by atoms with van der Waals surface area (Å²) in [6.45, 7) is 1.41. The van der Waals surface area contributed by atoms with Crippen LogP contribution in [0, 0.1) is 0 Å². The molecule has 2 rings (SSSR count). The number of amides is 2. The van der Waals surface area contributed by atoms with Crippen LogP contribution in [0.3, 0.4) is 0 Å². The van der Waals surface area contributed by atoms with Crippen LogP contribution in [0.2, 0.25) is 0 Å². The van der Waals surface area contributed by atoms with Gasteiger partial charge in [-0.15, -0.1) is 0 Å². The molecule has 1 saturated heterocycles. The maximum Gasteiger partial charge on any atom is 0.312 e. The third kappa shape index (κ3) is 3.14. The van der Waals surface area contributed by atoms with Crippen molar-refractivity contribution in [1.29, 1.82) is 0 Å². The van der Waals surface area contributed by atoms with E-state index in [4.69, 9.17) is 5.11 Å². The summed E-state index contributed by atoms with van der Waals surface area (Å²) in [6.07, 6.45) is -0.0216. The Morgan fingerprint density at radius 3 is 2.30 bits per heavy atom. The maximum atomic E-state index is 11.8. The zero-order valence-corrected chi connectivity index (χ0v) is 11.2. The monoisotopic (exact) mass is 276 g/mol. The fraction of sp³-hybridized carbons (Fsp3) is 0.357. The molecule has 6 heteroatoms. The molecule has 1 aliphatic rings. The number of hydrogen-bond acceptors (Lipinski definition) is 3. The molecule has 2 amide bonds. The molecule has 6 nitrogen and oxygen atoms in total. The fourth-order valence-electron chi connectivity index (χ4n) is 2.08. The van der Waals surface area contributed by atoms with Gasteiger partial charge in [0.05, 0.1) is 6.42 Å². The summed E-state index contributed by atoms with van der Waals surface area (Å²) >= 11 is 0. The van der Waals surface area contributed by atoms with E-state index < -0.39 is 17.8 Å². The largest absolute Gasteiger partial charge is 0.481 e. The highest BCUT2D eigenvalue weighted by molar-refractivity contribution is 6.35. The first-order valence-corrected chi connectivity index (χ1v) is 6.31. The van der Waals surface area contributed by atoms with Crippen LogP contribution in [0.25, 0.3) is 0 Å². The number of nitrogens with zero attached hydrogens (tertiary/aromatic N) is 2. The van der Waals surface area contributed by atoms with Crippen LogP contribution in [-0.4, -0.2) is 52.8 Å². The van der Waals surface area contributed by atoms with Crippen LogP contribution in [-0.2, 0) is 27.3 Å². The minimum absolute atomic E-state index is 0.0216. The Morgan fingerprint density at radius 2 is 1.70 bits per heavy atom. The standard InChI is InChI=1S/C14H16N2O4/c1-15-6-7-16(14(20)13(15)19)9-11-4-2-10(3-5-11)8-12(17)18/h2-5H,6-9H2,1H3,(H,17,18). The zero-order valence-electron chi connectivity index (χ0n) is 11.2. The lowest BCUT2D eigenvalue weighted by Gasteiger charge is -2.31. The molecular formula is C14H16N2O4. The molecule has 106 valence electrons. The second-order valence-electron chi connectivity index (χ2n) is 4.84. The SMILES string of the molecule is CN1CCN(Cc2ccc(CC(=O)O)cc2)C(=O)C1=O. The van der Waals surface area contributed by atoms with Gasteiger partial charge < -0.3 is 14.9 Å². The fourth-order valence-corrected chi connectivity index (χ4v) is 2.08. The predicted octanol–water partition coefficient (Wildman–Crippen LogP) is 0.114. The van der Waals surface area contributed by atoms with E-state index in [0.29, 0.717) is 25.2 Å². The van der Waals surface area contributed by atoms with Gasteiger partial charge in [0.2, 0.25) is 0 Å². The minimum atomic E-state index is -0.877. The second-order valence-corrected chi connectivity index (χ2v) is 4.84. The third-order valence-corrected chi connectivity index (χ3v) is 3.27. The number of aliphatic carboxylic acids is 1. The summed E-state index contributed by atoms with van der Waals surface area (Å²) in [7, 11) is 1.61. The summed E-state index contributed by atoms with van der Waals surface area (Å²) in [4.78, 5) is 36.9. The number of carbonyl (C=O) groups excluding carboxylic acids is 2. The molecule has 0 bridgehead atoms. The summed E-state index contributed by atoms with van der Waals surface area (Å²) in [5.41, 5.74) is 1.59. The van der Waals surface area contributed by atoms with Crippen LogP contribution in [0.1, 0.15) is 11.1 Å². The van der Waals surface area contributed by atoms with Crippen molar-refractivity contribution in [3.63, 3.8) is 0 Å². The van der Waals surface area contributed by atoms with E-state index in [0.717, 1.165) is 5.56 Å². The van der Waals surface area contributed by atoms with Crippen molar-refractivity contribution in [2.75, 3.05) is 20.1 Å². The highest BCUT2D eigenvalue weighted by Gasteiger charge is 2.29. The number of carboxylic acid groups (broad SMARTS) is 1. The smallest absolute Gasteiger partial charge is 0.312 e. The van der Waals surface area contributed by atoms with Crippen molar-refractivity contribution >= 4 is 17.8 Å². The molecule has 1 aliphatic heterocycles. The van der Waals surface area contributed by atoms with Crippen molar-refractivity contribution in [2.24, 2.45) is 0 Å². The topological polar surface area (TPSA) is 77.9 Å². The number of piperazine rings is 1. The lowest BCUT2D eigenvalue weighted by molar-refractivity contribution is -0.155.